The van der Waals surface area contributed by atoms with Gasteiger partial charge >= 0.3 is 0 Å². The maximum absolute atomic E-state index is 11.6. The minimum Gasteiger partial charge on any atom is -0.497 e. The van der Waals surface area contributed by atoms with Crippen molar-refractivity contribution in [3.63, 3.8) is 0 Å². The summed E-state index contributed by atoms with van der Waals surface area (Å²) in [6, 6.07) is 19.2. The molecule has 0 bridgehead atoms. The molecular weight excluding hydrogens is 622 g/mol. The third-order valence-corrected chi connectivity index (χ3v) is 8.24. The van der Waals surface area contributed by atoms with Crippen LogP contribution in [0.5, 0.6) is 28.9 Å². The molecule has 0 radical (unpaired) electrons. The van der Waals surface area contributed by atoms with E-state index >= 15 is 0 Å². The van der Waals surface area contributed by atoms with Gasteiger partial charge in [0.25, 0.3) is 5.88 Å². The fraction of sp³-hybridized carbons (Fsp3) is 0.368. The second-order valence-electron chi connectivity index (χ2n) is 12.0. The van der Waals surface area contributed by atoms with Gasteiger partial charge in [-0.1, -0.05) is 31.5 Å². The van der Waals surface area contributed by atoms with Crippen molar-refractivity contribution in [2.75, 3.05) is 33.3 Å². The van der Waals surface area contributed by atoms with Gasteiger partial charge in [0.05, 0.1) is 34.5 Å². The molecule has 2 heterocycles. The summed E-state index contributed by atoms with van der Waals surface area (Å²) in [5.41, 5.74) is 4.84. The normalized spacial score (nSPS) is 11.1. The standard InChI is InChI=1S/C38H45N5O6/c1-8-9-13-34-39-35-36(43(34)21-26-11-10-12-27(18-26)24-44)38(49-25(2)3)41-40-37(35)42(22-28-14-16-30(45-4)19-32(28)47-6)23-29-15-17-31(46-5)20-33(29)48-7/h10-12,14-20,24-25H,8-9,13,21-23H2,1-7H3. The van der Waals surface area contributed by atoms with E-state index in [9.17, 15) is 4.79 Å². The molecule has 11 nitrogen and oxygen atoms in total. The number of hydrogen-bond donors (Lipinski definition) is 0. The molecule has 0 unspecified atom stereocenters. The Morgan fingerprint density at radius 2 is 1.49 bits per heavy atom. The SMILES string of the molecule is CCCCc1nc2c(N(Cc3ccc(OC)cc3OC)Cc3ccc(OC)cc3OC)nnc(OC(C)C)c2n1Cc1cccc(C=O)c1. The molecule has 5 aromatic rings. The van der Waals surface area contributed by atoms with Crippen LogP contribution in [-0.4, -0.2) is 60.6 Å². The fourth-order valence-electron chi connectivity index (χ4n) is 5.80. The average molecular weight is 668 g/mol. The zero-order valence-electron chi connectivity index (χ0n) is 29.4. The number of aromatic nitrogens is 4. The summed E-state index contributed by atoms with van der Waals surface area (Å²) in [7, 11) is 6.55. The lowest BCUT2D eigenvalue weighted by Gasteiger charge is -2.26. The van der Waals surface area contributed by atoms with Crippen molar-refractivity contribution in [3.05, 3.63) is 88.7 Å². The molecule has 49 heavy (non-hydrogen) atoms. The summed E-state index contributed by atoms with van der Waals surface area (Å²) in [5, 5.41) is 9.49. The second kappa shape index (κ2) is 16.2. The molecule has 0 atom stereocenters. The van der Waals surface area contributed by atoms with Gasteiger partial charge in [0.1, 0.15) is 46.1 Å². The van der Waals surface area contributed by atoms with Crippen LogP contribution in [-0.2, 0) is 26.1 Å². The summed E-state index contributed by atoms with van der Waals surface area (Å²) in [6.07, 6.45) is 3.42. The van der Waals surface area contributed by atoms with Gasteiger partial charge in [0.15, 0.2) is 5.82 Å². The number of benzene rings is 3. The zero-order chi connectivity index (χ0) is 34.9. The largest absolute Gasteiger partial charge is 0.497 e. The van der Waals surface area contributed by atoms with Crippen LogP contribution in [0.3, 0.4) is 0 Å². The molecule has 3 aromatic carbocycles. The Morgan fingerprint density at radius 1 is 0.837 bits per heavy atom. The molecule has 0 aliphatic carbocycles. The molecule has 2 aromatic heterocycles. The van der Waals surface area contributed by atoms with E-state index in [2.05, 4.69) is 21.5 Å². The molecular formula is C38H45N5O6. The highest BCUT2D eigenvalue weighted by molar-refractivity contribution is 5.90. The highest BCUT2D eigenvalue weighted by Crippen LogP contribution is 2.36. The predicted octanol–water partition coefficient (Wildman–Crippen LogP) is 7.06. The molecule has 5 rings (SSSR count). The van der Waals surface area contributed by atoms with Crippen LogP contribution in [0.4, 0.5) is 5.82 Å². The first-order valence-electron chi connectivity index (χ1n) is 16.5. The number of fused-ring (bicyclic) bond motifs is 1. The molecule has 0 saturated carbocycles. The smallest absolute Gasteiger partial charge is 0.260 e. The van der Waals surface area contributed by atoms with Crippen molar-refractivity contribution in [2.24, 2.45) is 0 Å². The number of carbonyl (C=O) groups is 1. The van der Waals surface area contributed by atoms with Gasteiger partial charge in [-0.15, -0.1) is 10.2 Å². The number of unbranched alkanes of at least 4 members (excludes halogenated alkanes) is 1. The number of carbonyl (C=O) groups excluding carboxylic acids is 1. The fourth-order valence-corrected chi connectivity index (χ4v) is 5.80. The van der Waals surface area contributed by atoms with Crippen LogP contribution in [0, 0.1) is 0 Å². The van der Waals surface area contributed by atoms with Gasteiger partial charge in [-0.2, -0.15) is 0 Å². The number of aldehydes is 1. The number of nitrogens with zero attached hydrogens (tertiary/aromatic N) is 5. The van der Waals surface area contributed by atoms with Crippen LogP contribution in [0.2, 0.25) is 0 Å². The number of imidazole rings is 1. The molecule has 0 fully saturated rings. The Hall–Kier alpha value is -5.32. The van der Waals surface area contributed by atoms with Crippen LogP contribution in [0.15, 0.2) is 60.7 Å². The number of ether oxygens (including phenoxy) is 5. The summed E-state index contributed by atoms with van der Waals surface area (Å²) < 4.78 is 31.0. The lowest BCUT2D eigenvalue weighted by molar-refractivity contribution is 0.112. The Labute approximate surface area is 287 Å². The summed E-state index contributed by atoms with van der Waals surface area (Å²) in [6.45, 7) is 7.39. The third-order valence-electron chi connectivity index (χ3n) is 8.24. The van der Waals surface area contributed by atoms with Crippen molar-refractivity contribution >= 4 is 23.1 Å². The number of methoxy groups -OCH3 is 4. The molecule has 0 N–H and O–H groups in total. The lowest BCUT2D eigenvalue weighted by atomic mass is 10.1. The predicted molar refractivity (Wildman–Crippen MR) is 190 cm³/mol. The van der Waals surface area contributed by atoms with E-state index in [1.165, 1.54) is 0 Å². The van der Waals surface area contributed by atoms with E-state index in [0.717, 1.165) is 53.6 Å². The molecule has 0 spiro atoms. The van der Waals surface area contributed by atoms with Gasteiger partial charge in [-0.25, -0.2) is 4.98 Å². The highest BCUT2D eigenvalue weighted by Gasteiger charge is 2.26. The minimum atomic E-state index is -0.146. The Bertz CT molecular complexity index is 1830. The van der Waals surface area contributed by atoms with Crippen molar-refractivity contribution in [1.29, 1.82) is 0 Å². The molecule has 0 saturated heterocycles. The first-order valence-corrected chi connectivity index (χ1v) is 16.5. The topological polar surface area (TPSA) is 110 Å². The van der Waals surface area contributed by atoms with Crippen LogP contribution in [0.1, 0.15) is 66.5 Å². The highest BCUT2D eigenvalue weighted by atomic mass is 16.5. The van der Waals surface area contributed by atoms with Gasteiger partial charge < -0.3 is 33.2 Å². The molecule has 0 amide bonds. The summed E-state index contributed by atoms with van der Waals surface area (Å²) in [4.78, 5) is 19.0. The third kappa shape index (κ3) is 8.05. The monoisotopic (exact) mass is 667 g/mol. The quantitative estimate of drug-likeness (QED) is 0.0956. The molecule has 11 heteroatoms. The van der Waals surface area contributed by atoms with E-state index in [4.69, 9.17) is 33.8 Å². The second-order valence-corrected chi connectivity index (χ2v) is 12.0. The van der Waals surface area contributed by atoms with E-state index < -0.39 is 0 Å². The molecule has 258 valence electrons. The Balaban J connectivity index is 1.73. The van der Waals surface area contributed by atoms with E-state index in [-0.39, 0.29) is 6.10 Å². The van der Waals surface area contributed by atoms with Crippen LogP contribution < -0.4 is 28.6 Å². The Morgan fingerprint density at radius 3 is 2.04 bits per heavy atom. The van der Waals surface area contributed by atoms with Gasteiger partial charge in [0, 0.05) is 54.9 Å². The molecule has 0 aliphatic heterocycles. The van der Waals surface area contributed by atoms with Crippen molar-refractivity contribution in [1.82, 2.24) is 19.7 Å². The Kier molecular flexibility index (Phi) is 11.6. The summed E-state index contributed by atoms with van der Waals surface area (Å²) >= 11 is 0. The van der Waals surface area contributed by atoms with Gasteiger partial charge in [0.2, 0.25) is 0 Å². The number of anilines is 1. The first kappa shape index (κ1) is 35.0. The van der Waals surface area contributed by atoms with Gasteiger partial charge in [-0.3, -0.25) is 4.79 Å². The summed E-state index contributed by atoms with van der Waals surface area (Å²) in [5.74, 6) is 4.62. The van der Waals surface area contributed by atoms with Crippen molar-refractivity contribution < 1.29 is 28.5 Å². The van der Waals surface area contributed by atoms with E-state index in [0.29, 0.717) is 65.4 Å². The maximum atomic E-state index is 11.6. The molecule has 0 aliphatic rings. The van der Waals surface area contributed by atoms with Crippen LogP contribution in [0.25, 0.3) is 11.0 Å². The van der Waals surface area contributed by atoms with Gasteiger partial charge in [-0.05, 0) is 56.2 Å². The minimum absolute atomic E-state index is 0.146. The van der Waals surface area contributed by atoms with Crippen LogP contribution >= 0.6 is 0 Å². The van der Waals surface area contributed by atoms with E-state index in [1.807, 2.05) is 68.4 Å². The lowest BCUT2D eigenvalue weighted by Crippen LogP contribution is -2.25. The maximum Gasteiger partial charge on any atom is 0.260 e. The number of hydrogen-bond acceptors (Lipinski definition) is 10. The van der Waals surface area contributed by atoms with Crippen molar-refractivity contribution in [3.8, 4) is 28.9 Å². The van der Waals surface area contributed by atoms with E-state index in [1.54, 1.807) is 34.5 Å². The number of aryl methyl sites for hydroxylation is 1. The number of rotatable bonds is 17. The average Bonchev–Trinajstić information content (AvgIpc) is 3.48. The van der Waals surface area contributed by atoms with Crippen molar-refractivity contribution in [2.45, 2.75) is 65.8 Å². The first-order chi connectivity index (χ1) is 23.8. The zero-order valence-corrected chi connectivity index (χ0v) is 29.4.